The first-order chi connectivity index (χ1) is 19.9. The average Bonchev–Trinajstić information content (AvgIpc) is 2.91. The standard InChI is InChI=1S/C33H38N4O5/c1-22-18-23(2)20-25(19-22)29(30(38)35-26-12-14-27(41-6)15-13-26)37(17-16-34)31(39)28(21-24-10-8-7-9-11-24)36-32(40)42-33(3,4)5/h7-15,18-20,28-29H,17,21H2,1-6H3,(H,35,38)(H,36,40). The summed E-state index contributed by atoms with van der Waals surface area (Å²) in [6, 6.07) is 21.3. The van der Waals surface area contributed by atoms with Crippen LogP contribution >= 0.6 is 0 Å². The first kappa shape index (κ1) is 31.7. The van der Waals surface area contributed by atoms with E-state index in [-0.39, 0.29) is 6.42 Å². The number of hydrogen-bond acceptors (Lipinski definition) is 6. The van der Waals surface area contributed by atoms with Crippen molar-refractivity contribution in [2.75, 3.05) is 19.0 Å². The molecule has 3 amide bonds. The minimum atomic E-state index is -1.17. The van der Waals surface area contributed by atoms with Crippen LogP contribution in [0.15, 0.2) is 72.8 Å². The van der Waals surface area contributed by atoms with Crippen LogP contribution in [0.25, 0.3) is 0 Å². The second-order valence-corrected chi connectivity index (χ2v) is 11.1. The van der Waals surface area contributed by atoms with Crippen LogP contribution in [0.2, 0.25) is 0 Å². The highest BCUT2D eigenvalue weighted by molar-refractivity contribution is 5.99. The predicted octanol–water partition coefficient (Wildman–Crippen LogP) is 5.48. The molecule has 9 heteroatoms. The molecule has 0 bridgehead atoms. The second-order valence-electron chi connectivity index (χ2n) is 11.1. The molecule has 0 radical (unpaired) electrons. The van der Waals surface area contributed by atoms with Crippen molar-refractivity contribution in [1.82, 2.24) is 10.2 Å². The number of carbonyl (C=O) groups excluding carboxylic acids is 3. The fraction of sp³-hybridized carbons (Fsp3) is 0.333. The summed E-state index contributed by atoms with van der Waals surface area (Å²) in [6.45, 7) is 8.57. The number of aryl methyl sites for hydroxylation is 2. The van der Waals surface area contributed by atoms with Gasteiger partial charge in [-0.25, -0.2) is 4.79 Å². The first-order valence-electron chi connectivity index (χ1n) is 13.6. The van der Waals surface area contributed by atoms with Gasteiger partial charge in [-0.15, -0.1) is 0 Å². The summed E-state index contributed by atoms with van der Waals surface area (Å²) in [6.07, 6.45) is -0.653. The van der Waals surface area contributed by atoms with E-state index in [9.17, 15) is 19.6 Å². The fourth-order valence-corrected chi connectivity index (χ4v) is 4.60. The third-order valence-corrected chi connectivity index (χ3v) is 6.27. The molecule has 0 aliphatic rings. The Morgan fingerprint density at radius 1 is 0.952 bits per heavy atom. The van der Waals surface area contributed by atoms with Crippen molar-refractivity contribution < 1.29 is 23.9 Å². The van der Waals surface area contributed by atoms with Crippen LogP contribution in [0.1, 0.15) is 49.1 Å². The highest BCUT2D eigenvalue weighted by Crippen LogP contribution is 2.27. The zero-order valence-corrected chi connectivity index (χ0v) is 24.9. The SMILES string of the molecule is COc1ccc(NC(=O)C(c2cc(C)cc(C)c2)N(CC#N)C(=O)C(Cc2ccccc2)NC(=O)OC(C)(C)C)cc1. The first-order valence-corrected chi connectivity index (χ1v) is 13.6. The molecule has 0 spiro atoms. The van der Waals surface area contributed by atoms with E-state index in [4.69, 9.17) is 9.47 Å². The number of nitrogens with zero attached hydrogens (tertiary/aromatic N) is 2. The van der Waals surface area contributed by atoms with Gasteiger partial charge in [0.2, 0.25) is 5.91 Å². The lowest BCUT2D eigenvalue weighted by Crippen LogP contribution is -2.53. The average molecular weight is 571 g/mol. The van der Waals surface area contributed by atoms with Gasteiger partial charge in [-0.05, 0) is 70.0 Å². The van der Waals surface area contributed by atoms with Gasteiger partial charge < -0.3 is 25.0 Å². The van der Waals surface area contributed by atoms with E-state index in [2.05, 4.69) is 10.6 Å². The van der Waals surface area contributed by atoms with Gasteiger partial charge in [0.25, 0.3) is 5.91 Å². The van der Waals surface area contributed by atoms with E-state index >= 15 is 0 Å². The second kappa shape index (κ2) is 14.2. The molecule has 0 aromatic heterocycles. The molecule has 220 valence electrons. The lowest BCUT2D eigenvalue weighted by Gasteiger charge is -2.33. The lowest BCUT2D eigenvalue weighted by molar-refractivity contribution is -0.140. The molecule has 9 nitrogen and oxygen atoms in total. The minimum absolute atomic E-state index is 0.126. The molecule has 0 fully saturated rings. The Morgan fingerprint density at radius 3 is 2.12 bits per heavy atom. The van der Waals surface area contributed by atoms with Crippen LogP contribution in [0.5, 0.6) is 5.75 Å². The molecule has 3 rings (SSSR count). The molecule has 0 aliphatic carbocycles. The van der Waals surface area contributed by atoms with Crippen LogP contribution in [0.3, 0.4) is 0 Å². The van der Waals surface area contributed by atoms with Crippen molar-refractivity contribution >= 4 is 23.6 Å². The molecule has 2 N–H and O–H groups in total. The quantitative estimate of drug-likeness (QED) is 0.312. The van der Waals surface area contributed by atoms with Crippen molar-refractivity contribution in [2.45, 2.75) is 58.7 Å². The van der Waals surface area contributed by atoms with E-state index in [1.54, 1.807) is 52.1 Å². The Bertz CT molecular complexity index is 1410. The largest absolute Gasteiger partial charge is 0.497 e. The normalized spacial score (nSPS) is 12.3. The number of methoxy groups -OCH3 is 1. The zero-order valence-electron chi connectivity index (χ0n) is 24.9. The van der Waals surface area contributed by atoms with Crippen LogP contribution in [-0.2, 0) is 20.7 Å². The van der Waals surface area contributed by atoms with Gasteiger partial charge in [-0.3, -0.25) is 9.59 Å². The van der Waals surface area contributed by atoms with Crippen molar-refractivity contribution in [3.63, 3.8) is 0 Å². The smallest absolute Gasteiger partial charge is 0.408 e. The van der Waals surface area contributed by atoms with E-state index in [1.807, 2.05) is 68.4 Å². The van der Waals surface area contributed by atoms with Gasteiger partial charge in [0.15, 0.2) is 0 Å². The Morgan fingerprint density at radius 2 is 1.57 bits per heavy atom. The highest BCUT2D eigenvalue weighted by Gasteiger charge is 2.36. The molecule has 3 aromatic rings. The van der Waals surface area contributed by atoms with Gasteiger partial charge in [0, 0.05) is 12.1 Å². The van der Waals surface area contributed by atoms with Crippen LogP contribution in [0, 0.1) is 25.2 Å². The molecule has 0 heterocycles. The molecule has 42 heavy (non-hydrogen) atoms. The zero-order chi connectivity index (χ0) is 30.9. The maximum absolute atomic E-state index is 14.3. The number of rotatable bonds is 10. The van der Waals surface area contributed by atoms with Crippen LogP contribution < -0.4 is 15.4 Å². The number of ether oxygens (including phenoxy) is 2. The Labute approximate surface area is 247 Å². The van der Waals surface area contributed by atoms with Gasteiger partial charge in [-0.1, -0.05) is 59.7 Å². The monoisotopic (exact) mass is 570 g/mol. The summed E-state index contributed by atoms with van der Waals surface area (Å²) in [5, 5.41) is 15.4. The lowest BCUT2D eigenvalue weighted by atomic mass is 9.97. The predicted molar refractivity (Wildman–Crippen MR) is 161 cm³/mol. The minimum Gasteiger partial charge on any atom is -0.497 e. The summed E-state index contributed by atoms with van der Waals surface area (Å²) in [5.41, 5.74) is 2.81. The molecule has 0 saturated carbocycles. The van der Waals surface area contributed by atoms with Crippen molar-refractivity contribution in [3.8, 4) is 11.8 Å². The number of nitriles is 1. The topological polar surface area (TPSA) is 121 Å². The highest BCUT2D eigenvalue weighted by atomic mass is 16.6. The molecule has 0 saturated heterocycles. The molecule has 3 aromatic carbocycles. The van der Waals surface area contributed by atoms with Gasteiger partial charge in [0.05, 0.1) is 13.2 Å². The number of hydrogen-bond donors (Lipinski definition) is 2. The maximum atomic E-state index is 14.3. The molecule has 2 atom stereocenters. The van der Waals surface area contributed by atoms with Crippen LogP contribution in [-0.4, -0.2) is 48.1 Å². The van der Waals surface area contributed by atoms with E-state index < -0.39 is 42.1 Å². The van der Waals surface area contributed by atoms with Gasteiger partial charge in [-0.2, -0.15) is 5.26 Å². The van der Waals surface area contributed by atoms with Crippen molar-refractivity contribution in [3.05, 3.63) is 95.1 Å². The molecular weight excluding hydrogens is 532 g/mol. The third-order valence-electron chi connectivity index (χ3n) is 6.27. The molecular formula is C33H38N4O5. The van der Waals surface area contributed by atoms with Crippen molar-refractivity contribution in [1.29, 1.82) is 5.26 Å². The van der Waals surface area contributed by atoms with Crippen molar-refractivity contribution in [2.24, 2.45) is 0 Å². The Balaban J connectivity index is 2.06. The summed E-state index contributed by atoms with van der Waals surface area (Å²) >= 11 is 0. The van der Waals surface area contributed by atoms with E-state index in [0.717, 1.165) is 16.7 Å². The number of amides is 3. The van der Waals surface area contributed by atoms with Crippen LogP contribution in [0.4, 0.5) is 10.5 Å². The Hall–Kier alpha value is -4.84. The summed E-state index contributed by atoms with van der Waals surface area (Å²) in [4.78, 5) is 42.3. The number of nitrogens with one attached hydrogen (secondary N) is 2. The summed E-state index contributed by atoms with van der Waals surface area (Å²) in [7, 11) is 1.55. The number of alkyl carbamates (subject to hydrolysis) is 1. The van der Waals surface area contributed by atoms with Gasteiger partial charge >= 0.3 is 6.09 Å². The summed E-state index contributed by atoms with van der Waals surface area (Å²) < 4.78 is 10.7. The molecule has 0 aliphatic heterocycles. The van der Waals surface area contributed by atoms with E-state index in [1.165, 1.54) is 4.90 Å². The van der Waals surface area contributed by atoms with E-state index in [0.29, 0.717) is 17.0 Å². The number of benzene rings is 3. The fourth-order valence-electron chi connectivity index (χ4n) is 4.60. The van der Waals surface area contributed by atoms with Gasteiger partial charge in [0.1, 0.15) is 30.0 Å². The summed E-state index contributed by atoms with van der Waals surface area (Å²) in [5.74, 6) is -0.484. The molecule has 2 unspecified atom stereocenters. The number of carbonyl (C=O) groups is 3. The third kappa shape index (κ3) is 9.10. The number of anilines is 1. The Kier molecular flexibility index (Phi) is 10.7. The maximum Gasteiger partial charge on any atom is 0.408 e.